The molecule has 0 aliphatic rings. The van der Waals surface area contributed by atoms with Crippen molar-refractivity contribution in [1.29, 1.82) is 0 Å². The molecule has 128 valence electrons. The highest BCUT2D eigenvalue weighted by molar-refractivity contribution is 5.78. The fraction of sp³-hybridized carbons (Fsp3) is 0.842. The molecule has 0 saturated heterocycles. The molecule has 0 rings (SSSR count). The van der Waals surface area contributed by atoms with Gasteiger partial charge in [-0.2, -0.15) is 0 Å². The van der Waals surface area contributed by atoms with Crippen molar-refractivity contribution in [2.24, 2.45) is 5.92 Å². The highest BCUT2D eigenvalue weighted by Gasteiger charge is 2.14. The molecule has 0 aliphatic carbocycles. The minimum Gasteiger partial charge on any atom is -0.355 e. The zero-order valence-electron chi connectivity index (χ0n) is 15.1. The molecule has 0 bridgehead atoms. The average Bonchev–Trinajstić information content (AvgIpc) is 2.51. The second kappa shape index (κ2) is 14.9. The summed E-state index contributed by atoms with van der Waals surface area (Å²) in [5.74, 6) is 6.69. The highest BCUT2D eigenvalue weighted by Crippen LogP contribution is 2.12. The van der Waals surface area contributed by atoms with Gasteiger partial charge in [0.15, 0.2) is 0 Å². The van der Waals surface area contributed by atoms with Crippen molar-refractivity contribution in [2.75, 3.05) is 13.1 Å². The van der Waals surface area contributed by atoms with E-state index in [-0.39, 0.29) is 11.8 Å². The number of nitrogens with one attached hydrogen (secondary N) is 2. The van der Waals surface area contributed by atoms with Crippen molar-refractivity contribution >= 4 is 5.91 Å². The minimum atomic E-state index is 0.178. The zero-order chi connectivity index (χ0) is 16.6. The van der Waals surface area contributed by atoms with Crippen LogP contribution in [0.15, 0.2) is 0 Å². The van der Waals surface area contributed by atoms with Crippen LogP contribution in [0, 0.1) is 17.8 Å². The Morgan fingerprint density at radius 2 is 1.68 bits per heavy atom. The first-order valence-corrected chi connectivity index (χ1v) is 9.12. The predicted molar refractivity (Wildman–Crippen MR) is 95.7 cm³/mol. The third kappa shape index (κ3) is 11.6. The molecule has 0 fully saturated rings. The predicted octanol–water partition coefficient (Wildman–Crippen LogP) is 3.88. The Balaban J connectivity index is 3.67. The van der Waals surface area contributed by atoms with Crippen molar-refractivity contribution in [3.05, 3.63) is 0 Å². The summed E-state index contributed by atoms with van der Waals surface area (Å²) in [6.45, 7) is 10.3. The van der Waals surface area contributed by atoms with Gasteiger partial charge >= 0.3 is 0 Å². The molecule has 1 amide bonds. The lowest BCUT2D eigenvalue weighted by atomic mass is 9.98. The summed E-state index contributed by atoms with van der Waals surface area (Å²) in [5, 5.41) is 6.47. The van der Waals surface area contributed by atoms with Gasteiger partial charge in [0, 0.05) is 37.9 Å². The Morgan fingerprint density at radius 1 is 1.00 bits per heavy atom. The second-order valence-corrected chi connectivity index (χ2v) is 6.04. The number of hydrogen-bond acceptors (Lipinski definition) is 2. The van der Waals surface area contributed by atoms with Crippen molar-refractivity contribution in [3.63, 3.8) is 0 Å². The highest BCUT2D eigenvalue weighted by atomic mass is 16.1. The molecule has 0 aliphatic heterocycles. The zero-order valence-corrected chi connectivity index (χ0v) is 15.1. The van der Waals surface area contributed by atoms with Crippen LogP contribution in [0.1, 0.15) is 79.1 Å². The van der Waals surface area contributed by atoms with Crippen molar-refractivity contribution in [2.45, 2.75) is 85.1 Å². The molecule has 0 radical (unpaired) electrons. The van der Waals surface area contributed by atoms with E-state index in [2.05, 4.69) is 50.2 Å². The monoisotopic (exact) mass is 308 g/mol. The van der Waals surface area contributed by atoms with E-state index < -0.39 is 0 Å². The number of unbranched alkanes of at least 4 members (excludes halogenated alkanes) is 1. The summed E-state index contributed by atoms with van der Waals surface area (Å²) in [4.78, 5) is 12.0. The maximum absolute atomic E-state index is 12.0. The van der Waals surface area contributed by atoms with Gasteiger partial charge in [0.25, 0.3) is 0 Å². The quantitative estimate of drug-likeness (QED) is 0.424. The van der Waals surface area contributed by atoms with Crippen LogP contribution in [0.2, 0.25) is 0 Å². The largest absolute Gasteiger partial charge is 0.355 e. The van der Waals surface area contributed by atoms with E-state index in [9.17, 15) is 4.79 Å². The van der Waals surface area contributed by atoms with Gasteiger partial charge in [-0.3, -0.25) is 4.79 Å². The smallest absolute Gasteiger partial charge is 0.223 e. The molecule has 2 unspecified atom stereocenters. The number of amides is 1. The molecule has 2 N–H and O–H groups in total. The molecule has 0 spiro atoms. The lowest BCUT2D eigenvalue weighted by molar-refractivity contribution is -0.125. The van der Waals surface area contributed by atoms with Crippen LogP contribution in [-0.2, 0) is 4.79 Å². The maximum Gasteiger partial charge on any atom is 0.223 e. The van der Waals surface area contributed by atoms with Crippen LogP contribution in [0.25, 0.3) is 0 Å². The van der Waals surface area contributed by atoms with Crippen molar-refractivity contribution in [3.8, 4) is 11.8 Å². The topological polar surface area (TPSA) is 41.1 Å². The van der Waals surface area contributed by atoms with E-state index in [1.54, 1.807) is 0 Å². The van der Waals surface area contributed by atoms with Crippen LogP contribution in [0.4, 0.5) is 0 Å². The van der Waals surface area contributed by atoms with E-state index in [1.165, 1.54) is 12.8 Å². The van der Waals surface area contributed by atoms with Gasteiger partial charge in [-0.05, 0) is 26.2 Å². The first kappa shape index (κ1) is 21.0. The molecule has 2 atom stereocenters. The van der Waals surface area contributed by atoms with E-state index in [0.29, 0.717) is 12.6 Å². The molecule has 0 saturated carbocycles. The van der Waals surface area contributed by atoms with Crippen LogP contribution in [-0.4, -0.2) is 25.0 Å². The van der Waals surface area contributed by atoms with Crippen LogP contribution < -0.4 is 10.6 Å². The molecule has 0 aromatic carbocycles. The van der Waals surface area contributed by atoms with E-state index in [0.717, 1.165) is 45.1 Å². The van der Waals surface area contributed by atoms with Crippen LogP contribution in [0.3, 0.4) is 0 Å². The molecule has 3 heteroatoms. The summed E-state index contributed by atoms with van der Waals surface area (Å²) >= 11 is 0. The van der Waals surface area contributed by atoms with Crippen molar-refractivity contribution < 1.29 is 4.79 Å². The number of hydrogen-bond donors (Lipinski definition) is 2. The van der Waals surface area contributed by atoms with Crippen LogP contribution in [0.5, 0.6) is 0 Å². The fourth-order valence-corrected chi connectivity index (χ4v) is 2.46. The van der Waals surface area contributed by atoms with Gasteiger partial charge in [-0.25, -0.2) is 0 Å². The molecule has 0 aromatic rings. The van der Waals surface area contributed by atoms with Crippen LogP contribution >= 0.6 is 0 Å². The first-order valence-electron chi connectivity index (χ1n) is 9.12. The standard InChI is InChI=1S/C19H36N2O/c1-5-8-14-18(7-3)19(22)21-16-12-10-9-11-15-20-17(4)13-6-2/h17-18,20H,5-8,11-16H2,1-4H3,(H,21,22). The van der Waals surface area contributed by atoms with E-state index in [1.807, 2.05) is 0 Å². The minimum absolute atomic E-state index is 0.178. The second-order valence-electron chi connectivity index (χ2n) is 6.04. The SMILES string of the molecule is CCCCC(CC)C(=O)NCCC#CCCNC(C)CCC. The number of carbonyl (C=O) groups is 1. The summed E-state index contributed by atoms with van der Waals surface area (Å²) < 4.78 is 0. The van der Waals surface area contributed by atoms with E-state index >= 15 is 0 Å². The molecule has 0 aromatic heterocycles. The third-order valence-electron chi connectivity index (χ3n) is 3.91. The molecule has 3 nitrogen and oxygen atoms in total. The van der Waals surface area contributed by atoms with Gasteiger partial charge < -0.3 is 10.6 Å². The Bertz CT molecular complexity index is 330. The normalized spacial score (nSPS) is 13.1. The van der Waals surface area contributed by atoms with Gasteiger partial charge in [0.05, 0.1) is 0 Å². The Hall–Kier alpha value is -1.01. The van der Waals surface area contributed by atoms with E-state index in [4.69, 9.17) is 0 Å². The average molecular weight is 309 g/mol. The lowest BCUT2D eigenvalue weighted by Gasteiger charge is -2.13. The number of carbonyl (C=O) groups excluding carboxylic acids is 1. The molecular formula is C19H36N2O. The lowest BCUT2D eigenvalue weighted by Crippen LogP contribution is -2.31. The Morgan fingerprint density at radius 3 is 2.27 bits per heavy atom. The maximum atomic E-state index is 12.0. The first-order chi connectivity index (χ1) is 10.7. The summed E-state index contributed by atoms with van der Waals surface area (Å²) in [7, 11) is 0. The fourth-order valence-electron chi connectivity index (χ4n) is 2.46. The van der Waals surface area contributed by atoms with Gasteiger partial charge in [0.1, 0.15) is 0 Å². The summed E-state index contributed by atoms with van der Waals surface area (Å²) in [5.41, 5.74) is 0. The van der Waals surface area contributed by atoms with Gasteiger partial charge in [-0.1, -0.05) is 40.0 Å². The Labute approximate surface area is 138 Å². The molecule has 0 heterocycles. The molecule has 22 heavy (non-hydrogen) atoms. The summed E-state index contributed by atoms with van der Waals surface area (Å²) in [6, 6.07) is 0.584. The summed E-state index contributed by atoms with van der Waals surface area (Å²) in [6.07, 6.45) is 8.30. The van der Waals surface area contributed by atoms with Crippen molar-refractivity contribution in [1.82, 2.24) is 10.6 Å². The third-order valence-corrected chi connectivity index (χ3v) is 3.91. The Kier molecular flexibility index (Phi) is 14.2. The number of rotatable bonds is 12. The van der Waals surface area contributed by atoms with Gasteiger partial charge in [-0.15, -0.1) is 11.8 Å². The van der Waals surface area contributed by atoms with Gasteiger partial charge in [0.2, 0.25) is 5.91 Å². The molecular weight excluding hydrogens is 272 g/mol.